The first-order chi connectivity index (χ1) is 9.99. The molecule has 2 N–H and O–H groups in total. The number of carbonyl (C=O) groups excluding carboxylic acids is 1. The average molecular weight is 288 g/mol. The van der Waals surface area contributed by atoms with E-state index >= 15 is 0 Å². The molecule has 1 aromatic heterocycles. The zero-order valence-electron chi connectivity index (χ0n) is 11.1. The molecule has 2 aromatic rings. The number of carbonyl (C=O) groups is 2. The molecule has 21 heavy (non-hydrogen) atoms. The highest BCUT2D eigenvalue weighted by Gasteiger charge is 2.22. The fourth-order valence-electron chi connectivity index (χ4n) is 2.24. The van der Waals surface area contributed by atoms with Crippen LogP contribution in [0.5, 0.6) is 0 Å². The first-order valence-electron chi connectivity index (χ1n) is 6.17. The third-order valence-corrected chi connectivity index (χ3v) is 3.18. The second kappa shape index (κ2) is 5.58. The summed E-state index contributed by atoms with van der Waals surface area (Å²) < 4.78 is 0. The molecule has 0 fully saturated rings. The van der Waals surface area contributed by atoms with Gasteiger partial charge in [-0.05, 0) is 29.7 Å². The normalized spacial score (nSPS) is 10.3. The molecule has 0 aliphatic rings. The number of nitro benzene ring substituents is 1. The van der Waals surface area contributed by atoms with Gasteiger partial charge in [0.05, 0.1) is 21.9 Å². The van der Waals surface area contributed by atoms with E-state index in [-0.39, 0.29) is 16.9 Å². The largest absolute Gasteiger partial charge is 0.478 e. The van der Waals surface area contributed by atoms with Crippen LogP contribution in [0.1, 0.15) is 33.3 Å². The number of nitrogens with one attached hydrogen (secondary N) is 1. The number of aldehydes is 1. The third kappa shape index (κ3) is 2.53. The summed E-state index contributed by atoms with van der Waals surface area (Å²) in [6, 6.07) is 5.69. The number of benzene rings is 1. The summed E-state index contributed by atoms with van der Waals surface area (Å²) in [7, 11) is 0. The van der Waals surface area contributed by atoms with Crippen LogP contribution in [-0.4, -0.2) is 27.3 Å². The van der Waals surface area contributed by atoms with E-state index < -0.39 is 10.9 Å². The molecule has 0 radical (unpaired) electrons. The smallest absolute Gasteiger partial charge is 0.338 e. The monoisotopic (exact) mass is 288 g/mol. The molecule has 0 saturated carbocycles. The lowest BCUT2D eigenvalue weighted by Gasteiger charge is -2.03. The maximum Gasteiger partial charge on any atom is 0.338 e. The molecule has 0 spiro atoms. The van der Waals surface area contributed by atoms with Gasteiger partial charge in [-0.3, -0.25) is 14.9 Å². The fraction of sp³-hybridized carbons (Fsp3) is 0.143. The summed E-state index contributed by atoms with van der Waals surface area (Å²) in [5.74, 6) is -1.18. The fourth-order valence-corrected chi connectivity index (χ4v) is 2.24. The Kier molecular flexibility index (Phi) is 3.84. The summed E-state index contributed by atoms with van der Waals surface area (Å²) >= 11 is 0. The number of hydrogen-bond donors (Lipinski definition) is 2. The zero-order chi connectivity index (χ0) is 15.6. The number of nitrogens with zero attached hydrogens (tertiary/aromatic N) is 1. The van der Waals surface area contributed by atoms with Gasteiger partial charge in [-0.25, -0.2) is 4.79 Å². The molecule has 1 aromatic carbocycles. The second-order valence-corrected chi connectivity index (χ2v) is 4.35. The van der Waals surface area contributed by atoms with Gasteiger partial charge in [0.1, 0.15) is 0 Å². The van der Waals surface area contributed by atoms with Crippen LogP contribution in [0, 0.1) is 10.1 Å². The maximum absolute atomic E-state index is 11.3. The van der Waals surface area contributed by atoms with Gasteiger partial charge < -0.3 is 10.1 Å². The average Bonchev–Trinajstić information content (AvgIpc) is 2.86. The lowest BCUT2D eigenvalue weighted by atomic mass is 10.0. The number of non-ortho nitro benzene ring substituents is 1. The van der Waals surface area contributed by atoms with Crippen molar-refractivity contribution < 1.29 is 19.6 Å². The van der Waals surface area contributed by atoms with E-state index in [1.807, 2.05) is 0 Å². The van der Waals surface area contributed by atoms with Gasteiger partial charge in [0.25, 0.3) is 5.69 Å². The van der Waals surface area contributed by atoms with E-state index in [2.05, 4.69) is 4.98 Å². The summed E-state index contributed by atoms with van der Waals surface area (Å²) in [6.07, 6.45) is 0.871. The second-order valence-electron chi connectivity index (χ2n) is 4.35. The van der Waals surface area contributed by atoms with Crippen LogP contribution in [0.25, 0.3) is 11.3 Å². The van der Waals surface area contributed by atoms with Crippen LogP contribution >= 0.6 is 0 Å². The molecule has 7 heteroatoms. The number of nitro groups is 1. The van der Waals surface area contributed by atoms with Crippen LogP contribution in [0.2, 0.25) is 0 Å². The van der Waals surface area contributed by atoms with Crippen molar-refractivity contribution in [2.24, 2.45) is 0 Å². The van der Waals surface area contributed by atoms with E-state index in [0.29, 0.717) is 29.5 Å². The SMILES string of the molecule is CCc1c(-c2ccc([N+](=O)[O-])cc2)[nH]c(C=O)c1C(=O)O. The Morgan fingerprint density at radius 3 is 2.43 bits per heavy atom. The Labute approximate surface area is 119 Å². The molecule has 7 nitrogen and oxygen atoms in total. The third-order valence-electron chi connectivity index (χ3n) is 3.18. The number of H-pyrrole nitrogens is 1. The zero-order valence-corrected chi connectivity index (χ0v) is 11.1. The molecule has 108 valence electrons. The lowest BCUT2D eigenvalue weighted by molar-refractivity contribution is -0.384. The number of aromatic nitrogens is 1. The quantitative estimate of drug-likeness (QED) is 0.498. The van der Waals surface area contributed by atoms with Crippen molar-refractivity contribution in [1.29, 1.82) is 0 Å². The molecular weight excluding hydrogens is 276 g/mol. The number of aromatic amines is 1. The predicted octanol–water partition coefficient (Wildman–Crippen LogP) is 2.66. The number of hydrogen-bond acceptors (Lipinski definition) is 4. The van der Waals surface area contributed by atoms with Gasteiger partial charge in [0.15, 0.2) is 6.29 Å². The van der Waals surface area contributed by atoms with E-state index in [4.69, 9.17) is 0 Å². The van der Waals surface area contributed by atoms with Crippen LogP contribution in [-0.2, 0) is 6.42 Å². The van der Waals surface area contributed by atoms with Crippen molar-refractivity contribution >= 4 is 17.9 Å². The molecule has 2 rings (SSSR count). The summed E-state index contributed by atoms with van der Waals surface area (Å²) in [6.45, 7) is 1.78. The first kappa shape index (κ1) is 14.4. The lowest BCUT2D eigenvalue weighted by Crippen LogP contribution is -2.02. The van der Waals surface area contributed by atoms with Crippen LogP contribution in [0.15, 0.2) is 24.3 Å². The molecule has 0 aliphatic heterocycles. The van der Waals surface area contributed by atoms with E-state index in [9.17, 15) is 24.8 Å². The molecule has 0 amide bonds. The first-order valence-corrected chi connectivity index (χ1v) is 6.17. The summed E-state index contributed by atoms with van der Waals surface area (Å²) in [4.78, 5) is 35.2. The standard InChI is InChI=1S/C14H12N2O5/c1-2-10-12(14(18)19)11(7-17)15-13(10)8-3-5-9(6-4-8)16(20)21/h3-7,15H,2H2,1H3,(H,18,19). The number of carboxylic acid groups (broad SMARTS) is 1. The molecule has 0 aliphatic carbocycles. The van der Waals surface area contributed by atoms with Crippen molar-refractivity contribution in [2.75, 3.05) is 0 Å². The van der Waals surface area contributed by atoms with Gasteiger partial charge in [0, 0.05) is 12.1 Å². The number of carboxylic acids is 1. The van der Waals surface area contributed by atoms with Crippen molar-refractivity contribution in [3.63, 3.8) is 0 Å². The minimum Gasteiger partial charge on any atom is -0.478 e. The van der Waals surface area contributed by atoms with Crippen molar-refractivity contribution in [3.05, 3.63) is 51.2 Å². The van der Waals surface area contributed by atoms with E-state index in [0.717, 1.165) is 0 Å². The highest BCUT2D eigenvalue weighted by Crippen LogP contribution is 2.29. The maximum atomic E-state index is 11.3. The Bertz CT molecular complexity index is 716. The minimum absolute atomic E-state index is 0.00676. The highest BCUT2D eigenvalue weighted by molar-refractivity contribution is 6.00. The van der Waals surface area contributed by atoms with Crippen LogP contribution < -0.4 is 0 Å². The Hall–Kier alpha value is -2.96. The van der Waals surface area contributed by atoms with E-state index in [1.165, 1.54) is 24.3 Å². The van der Waals surface area contributed by atoms with Crippen molar-refractivity contribution in [2.45, 2.75) is 13.3 Å². The van der Waals surface area contributed by atoms with Crippen LogP contribution in [0.4, 0.5) is 5.69 Å². The van der Waals surface area contributed by atoms with Gasteiger partial charge >= 0.3 is 5.97 Å². The molecular formula is C14H12N2O5. The van der Waals surface area contributed by atoms with Gasteiger partial charge in [0.2, 0.25) is 0 Å². The number of aromatic carboxylic acids is 1. The van der Waals surface area contributed by atoms with Crippen molar-refractivity contribution in [3.8, 4) is 11.3 Å². The molecule has 0 atom stereocenters. The Morgan fingerprint density at radius 2 is 2.00 bits per heavy atom. The minimum atomic E-state index is -1.18. The predicted molar refractivity (Wildman–Crippen MR) is 74.6 cm³/mol. The van der Waals surface area contributed by atoms with E-state index in [1.54, 1.807) is 6.92 Å². The van der Waals surface area contributed by atoms with Crippen LogP contribution in [0.3, 0.4) is 0 Å². The molecule has 0 saturated heterocycles. The van der Waals surface area contributed by atoms with Gasteiger partial charge in [-0.15, -0.1) is 0 Å². The summed E-state index contributed by atoms with van der Waals surface area (Å²) in [5.41, 5.74) is 1.46. The van der Waals surface area contributed by atoms with Gasteiger partial charge in [-0.2, -0.15) is 0 Å². The molecule has 0 unspecified atom stereocenters. The van der Waals surface area contributed by atoms with Crippen molar-refractivity contribution in [1.82, 2.24) is 4.98 Å². The molecule has 0 bridgehead atoms. The Balaban J connectivity index is 2.60. The highest BCUT2D eigenvalue weighted by atomic mass is 16.6. The Morgan fingerprint density at radius 1 is 1.38 bits per heavy atom. The molecule has 1 heterocycles. The summed E-state index contributed by atoms with van der Waals surface area (Å²) in [5, 5.41) is 19.9. The topological polar surface area (TPSA) is 113 Å². The number of rotatable bonds is 5. The van der Waals surface area contributed by atoms with Gasteiger partial charge in [-0.1, -0.05) is 6.92 Å².